The van der Waals surface area contributed by atoms with Gasteiger partial charge in [0.25, 0.3) is 0 Å². The van der Waals surface area contributed by atoms with Crippen molar-refractivity contribution in [2.75, 3.05) is 0 Å². The molecule has 3 heteroatoms. The van der Waals surface area contributed by atoms with Crippen LogP contribution in [-0.4, -0.2) is 6.29 Å². The van der Waals surface area contributed by atoms with E-state index in [1.54, 1.807) is 6.07 Å². The molecule has 1 aromatic heterocycles. The highest BCUT2D eigenvalue weighted by molar-refractivity contribution is 5.85. The molecule has 0 saturated heterocycles. The number of aryl methyl sites for hydroxylation is 1. The van der Waals surface area contributed by atoms with Crippen molar-refractivity contribution < 1.29 is 13.6 Å². The lowest BCUT2D eigenvalue weighted by Crippen LogP contribution is -1.87. The predicted molar refractivity (Wildman–Crippen MR) is 71.7 cm³/mol. The van der Waals surface area contributed by atoms with Gasteiger partial charge in [-0.1, -0.05) is 11.6 Å². The first-order valence-electron chi connectivity index (χ1n) is 5.93. The molecule has 0 radical (unpaired) electrons. The lowest BCUT2D eigenvalue weighted by Gasteiger charge is -1.98. The molecule has 0 fully saturated rings. The zero-order valence-electron chi connectivity index (χ0n) is 10.3. The van der Waals surface area contributed by atoms with Crippen LogP contribution in [0.3, 0.4) is 0 Å². The van der Waals surface area contributed by atoms with Crippen LogP contribution in [0, 0.1) is 12.7 Å². The molecule has 0 atom stereocenters. The number of halogens is 1. The highest BCUT2D eigenvalue weighted by atomic mass is 19.1. The van der Waals surface area contributed by atoms with E-state index in [0.29, 0.717) is 17.6 Å². The Bertz CT molecular complexity index is 772. The number of aldehydes is 1. The maximum absolute atomic E-state index is 13.3. The van der Waals surface area contributed by atoms with E-state index in [2.05, 4.69) is 0 Å². The second kappa shape index (κ2) is 4.35. The van der Waals surface area contributed by atoms with Crippen LogP contribution >= 0.6 is 0 Å². The summed E-state index contributed by atoms with van der Waals surface area (Å²) in [6.45, 7) is 2.01. The predicted octanol–water partition coefficient (Wildman–Crippen LogP) is 4.36. The standard InChI is InChI=1S/C16H11FO2/c1-10-2-5-15-12(6-10)8-16(19-15)11-3-4-14(17)13(7-11)9-18/h2-9H,1H3. The van der Waals surface area contributed by atoms with E-state index in [9.17, 15) is 9.18 Å². The summed E-state index contributed by atoms with van der Waals surface area (Å²) in [4.78, 5) is 10.8. The highest BCUT2D eigenvalue weighted by Gasteiger charge is 2.09. The molecule has 0 aliphatic rings. The third kappa shape index (κ3) is 2.03. The molecule has 2 nitrogen and oxygen atoms in total. The molecule has 0 unspecified atom stereocenters. The Balaban J connectivity index is 2.16. The Morgan fingerprint density at radius 2 is 1.95 bits per heavy atom. The van der Waals surface area contributed by atoms with Gasteiger partial charge in [0.05, 0.1) is 5.56 Å². The first kappa shape index (κ1) is 11.7. The van der Waals surface area contributed by atoms with Gasteiger partial charge in [0.2, 0.25) is 0 Å². The Kier molecular flexibility index (Phi) is 2.67. The van der Waals surface area contributed by atoms with Gasteiger partial charge >= 0.3 is 0 Å². The van der Waals surface area contributed by atoms with Gasteiger partial charge in [-0.2, -0.15) is 0 Å². The molecule has 1 heterocycles. The summed E-state index contributed by atoms with van der Waals surface area (Å²) in [7, 11) is 0. The lowest BCUT2D eigenvalue weighted by atomic mass is 10.1. The minimum atomic E-state index is -0.522. The summed E-state index contributed by atoms with van der Waals surface area (Å²) in [6.07, 6.45) is 0.506. The molecule has 0 amide bonds. The Labute approximate surface area is 109 Å². The average Bonchev–Trinajstić information content (AvgIpc) is 2.82. The van der Waals surface area contributed by atoms with Crippen molar-refractivity contribution in [3.05, 3.63) is 59.4 Å². The number of furan rings is 1. The maximum atomic E-state index is 13.3. The van der Waals surface area contributed by atoms with Gasteiger partial charge in [-0.05, 0) is 43.3 Å². The van der Waals surface area contributed by atoms with Gasteiger partial charge in [-0.3, -0.25) is 4.79 Å². The van der Waals surface area contributed by atoms with Crippen molar-refractivity contribution in [2.24, 2.45) is 0 Å². The van der Waals surface area contributed by atoms with Gasteiger partial charge in [0, 0.05) is 10.9 Å². The summed E-state index contributed by atoms with van der Waals surface area (Å²) in [6, 6.07) is 12.2. The van der Waals surface area contributed by atoms with Crippen LogP contribution in [0.2, 0.25) is 0 Å². The number of hydrogen-bond acceptors (Lipinski definition) is 2. The summed E-state index contributed by atoms with van der Waals surface area (Å²) >= 11 is 0. The van der Waals surface area contributed by atoms with E-state index in [0.717, 1.165) is 16.5 Å². The van der Waals surface area contributed by atoms with Gasteiger partial charge in [-0.15, -0.1) is 0 Å². The average molecular weight is 254 g/mol. The minimum Gasteiger partial charge on any atom is -0.456 e. The number of fused-ring (bicyclic) bond motifs is 1. The smallest absolute Gasteiger partial charge is 0.153 e. The third-order valence-corrected chi connectivity index (χ3v) is 3.08. The van der Waals surface area contributed by atoms with E-state index < -0.39 is 5.82 Å². The first-order chi connectivity index (χ1) is 9.17. The van der Waals surface area contributed by atoms with Crippen molar-refractivity contribution in [3.8, 4) is 11.3 Å². The molecule has 3 rings (SSSR count). The summed E-state index contributed by atoms with van der Waals surface area (Å²) in [5.74, 6) is 0.106. The molecule has 0 bridgehead atoms. The summed E-state index contributed by atoms with van der Waals surface area (Å²) in [5, 5.41) is 0.993. The molecule has 0 aliphatic carbocycles. The molecule has 0 spiro atoms. The number of benzene rings is 2. The van der Waals surface area contributed by atoms with Crippen LogP contribution < -0.4 is 0 Å². The van der Waals surface area contributed by atoms with E-state index in [1.165, 1.54) is 12.1 Å². The molecule has 2 aromatic carbocycles. The molecule has 0 aliphatic heterocycles. The van der Waals surface area contributed by atoms with Gasteiger partial charge in [-0.25, -0.2) is 4.39 Å². The van der Waals surface area contributed by atoms with Gasteiger partial charge < -0.3 is 4.42 Å². The van der Waals surface area contributed by atoms with Crippen molar-refractivity contribution in [3.63, 3.8) is 0 Å². The van der Waals surface area contributed by atoms with Crippen molar-refractivity contribution in [1.82, 2.24) is 0 Å². The second-order valence-electron chi connectivity index (χ2n) is 4.51. The minimum absolute atomic E-state index is 0.0362. The van der Waals surface area contributed by atoms with E-state index >= 15 is 0 Å². The van der Waals surface area contributed by atoms with E-state index in [4.69, 9.17) is 4.42 Å². The maximum Gasteiger partial charge on any atom is 0.153 e. The third-order valence-electron chi connectivity index (χ3n) is 3.08. The normalized spacial score (nSPS) is 10.8. The molecule has 19 heavy (non-hydrogen) atoms. The highest BCUT2D eigenvalue weighted by Crippen LogP contribution is 2.29. The molecule has 94 valence electrons. The summed E-state index contributed by atoms with van der Waals surface area (Å²) in [5.41, 5.74) is 2.65. The van der Waals surface area contributed by atoms with Crippen molar-refractivity contribution in [2.45, 2.75) is 6.92 Å². The number of hydrogen-bond donors (Lipinski definition) is 0. The Morgan fingerprint density at radius 1 is 1.11 bits per heavy atom. The fraction of sp³-hybridized carbons (Fsp3) is 0.0625. The van der Waals surface area contributed by atoms with Crippen LogP contribution in [0.15, 0.2) is 46.9 Å². The van der Waals surface area contributed by atoms with Gasteiger partial charge in [0.1, 0.15) is 17.2 Å². The first-order valence-corrected chi connectivity index (χ1v) is 5.93. The lowest BCUT2D eigenvalue weighted by molar-refractivity contribution is 0.112. The quantitative estimate of drug-likeness (QED) is 0.636. The number of rotatable bonds is 2. The van der Waals surface area contributed by atoms with Crippen LogP contribution in [0.5, 0.6) is 0 Å². The van der Waals surface area contributed by atoms with Crippen LogP contribution in [0.4, 0.5) is 4.39 Å². The topological polar surface area (TPSA) is 30.2 Å². The number of carbonyl (C=O) groups excluding carboxylic acids is 1. The molecule has 3 aromatic rings. The fourth-order valence-corrected chi connectivity index (χ4v) is 2.09. The van der Waals surface area contributed by atoms with Crippen molar-refractivity contribution >= 4 is 17.3 Å². The zero-order chi connectivity index (χ0) is 13.4. The largest absolute Gasteiger partial charge is 0.456 e. The molecule has 0 saturated carbocycles. The SMILES string of the molecule is Cc1ccc2oc(-c3ccc(F)c(C=O)c3)cc2c1. The fourth-order valence-electron chi connectivity index (χ4n) is 2.09. The molecule has 0 N–H and O–H groups in total. The van der Waals surface area contributed by atoms with Crippen LogP contribution in [0.25, 0.3) is 22.3 Å². The van der Waals surface area contributed by atoms with Crippen LogP contribution in [0.1, 0.15) is 15.9 Å². The Morgan fingerprint density at radius 3 is 2.74 bits per heavy atom. The summed E-state index contributed by atoms with van der Waals surface area (Å²) < 4.78 is 19.0. The molecular formula is C16H11FO2. The van der Waals surface area contributed by atoms with E-state index in [1.807, 2.05) is 31.2 Å². The van der Waals surface area contributed by atoms with Crippen molar-refractivity contribution in [1.29, 1.82) is 0 Å². The van der Waals surface area contributed by atoms with Crippen LogP contribution in [-0.2, 0) is 0 Å². The zero-order valence-corrected chi connectivity index (χ0v) is 10.3. The monoisotopic (exact) mass is 254 g/mol. The van der Waals surface area contributed by atoms with E-state index in [-0.39, 0.29) is 5.56 Å². The second-order valence-corrected chi connectivity index (χ2v) is 4.51. The molecular weight excluding hydrogens is 243 g/mol. The van der Waals surface area contributed by atoms with Gasteiger partial charge in [0.15, 0.2) is 6.29 Å². The Hall–Kier alpha value is -2.42. The number of carbonyl (C=O) groups is 1.